The Morgan fingerprint density at radius 3 is 2.87 bits per heavy atom. The van der Waals surface area contributed by atoms with Gasteiger partial charge in [0.05, 0.1) is 6.54 Å². The number of hydrogen-bond acceptors (Lipinski definition) is 4. The van der Waals surface area contributed by atoms with E-state index < -0.39 is 0 Å². The summed E-state index contributed by atoms with van der Waals surface area (Å²) in [5.41, 5.74) is 6.13. The highest BCUT2D eigenvalue weighted by Crippen LogP contribution is 2.08. The number of hydrogen-bond donors (Lipinski definition) is 1. The van der Waals surface area contributed by atoms with Crippen molar-refractivity contribution in [3.63, 3.8) is 0 Å². The molecule has 0 radical (unpaired) electrons. The van der Waals surface area contributed by atoms with E-state index in [1.54, 1.807) is 6.07 Å². The summed E-state index contributed by atoms with van der Waals surface area (Å²) in [5.74, 6) is 6.87. The van der Waals surface area contributed by atoms with Gasteiger partial charge in [-0.05, 0) is 6.92 Å². The van der Waals surface area contributed by atoms with Crippen LogP contribution in [0.15, 0.2) is 6.07 Å². The van der Waals surface area contributed by atoms with E-state index in [9.17, 15) is 0 Å². The molecule has 1 aromatic heterocycles. The number of rotatable bonds is 3. The third-order valence-corrected chi connectivity index (χ3v) is 1.71. The summed E-state index contributed by atoms with van der Waals surface area (Å²) in [4.78, 5) is 8.47. The van der Waals surface area contributed by atoms with Crippen LogP contribution in [0.1, 0.15) is 18.4 Å². The zero-order valence-electron chi connectivity index (χ0n) is 9.08. The van der Waals surface area contributed by atoms with Crippen molar-refractivity contribution in [2.45, 2.75) is 20.3 Å². The first kappa shape index (κ1) is 11.5. The lowest BCUT2D eigenvalue weighted by atomic mass is 10.4. The highest BCUT2D eigenvalue weighted by molar-refractivity contribution is 5.16. The van der Waals surface area contributed by atoms with Gasteiger partial charge in [-0.1, -0.05) is 18.8 Å². The SMILES string of the molecule is CCc1nc(C)cc(OCC#CCN)n1. The average Bonchev–Trinajstić information content (AvgIpc) is 2.23. The van der Waals surface area contributed by atoms with E-state index in [2.05, 4.69) is 21.8 Å². The molecule has 15 heavy (non-hydrogen) atoms. The third kappa shape index (κ3) is 3.96. The first-order valence-corrected chi connectivity index (χ1v) is 4.89. The number of ether oxygens (including phenoxy) is 1. The average molecular weight is 205 g/mol. The predicted molar refractivity (Wildman–Crippen MR) is 58.5 cm³/mol. The highest BCUT2D eigenvalue weighted by Gasteiger charge is 2.00. The second-order valence-electron chi connectivity index (χ2n) is 2.96. The minimum Gasteiger partial charge on any atom is -0.464 e. The molecule has 0 aliphatic rings. The minimum absolute atomic E-state index is 0.316. The lowest BCUT2D eigenvalue weighted by Crippen LogP contribution is -2.02. The molecule has 2 N–H and O–H groups in total. The molecule has 4 heteroatoms. The summed E-state index contributed by atoms with van der Waals surface area (Å²) in [6.45, 7) is 4.59. The van der Waals surface area contributed by atoms with Crippen LogP contribution < -0.4 is 10.5 Å². The molecule has 1 rings (SSSR count). The Hall–Kier alpha value is -1.60. The highest BCUT2D eigenvalue weighted by atomic mass is 16.5. The topological polar surface area (TPSA) is 61.0 Å². The van der Waals surface area contributed by atoms with Crippen LogP contribution in [0.5, 0.6) is 5.88 Å². The smallest absolute Gasteiger partial charge is 0.217 e. The number of aryl methyl sites for hydroxylation is 2. The van der Waals surface area contributed by atoms with E-state index in [-0.39, 0.29) is 0 Å². The Kier molecular flexibility index (Phi) is 4.58. The molecule has 0 saturated heterocycles. The van der Waals surface area contributed by atoms with E-state index in [4.69, 9.17) is 10.5 Å². The molecule has 0 atom stereocenters. The van der Waals surface area contributed by atoms with Crippen LogP contribution in [0.2, 0.25) is 0 Å². The van der Waals surface area contributed by atoms with Gasteiger partial charge in [0, 0.05) is 18.2 Å². The fourth-order valence-electron chi connectivity index (χ4n) is 1.06. The van der Waals surface area contributed by atoms with Crippen molar-refractivity contribution in [1.29, 1.82) is 0 Å². The molecule has 0 spiro atoms. The number of nitrogens with two attached hydrogens (primary N) is 1. The van der Waals surface area contributed by atoms with Crippen molar-refractivity contribution in [1.82, 2.24) is 9.97 Å². The predicted octanol–water partition coefficient (Wildman–Crippen LogP) is 0.688. The summed E-state index contributed by atoms with van der Waals surface area (Å²) < 4.78 is 5.35. The van der Waals surface area contributed by atoms with E-state index in [0.717, 1.165) is 17.9 Å². The van der Waals surface area contributed by atoms with Crippen molar-refractivity contribution in [2.75, 3.05) is 13.2 Å². The van der Waals surface area contributed by atoms with Gasteiger partial charge in [-0.3, -0.25) is 0 Å². The molecule has 1 aromatic rings. The van der Waals surface area contributed by atoms with Crippen LogP contribution in [-0.2, 0) is 6.42 Å². The monoisotopic (exact) mass is 205 g/mol. The van der Waals surface area contributed by atoms with E-state index in [0.29, 0.717) is 19.0 Å². The van der Waals surface area contributed by atoms with E-state index >= 15 is 0 Å². The van der Waals surface area contributed by atoms with Gasteiger partial charge in [-0.25, -0.2) is 4.98 Å². The zero-order valence-corrected chi connectivity index (χ0v) is 9.08. The van der Waals surface area contributed by atoms with Gasteiger partial charge >= 0.3 is 0 Å². The molecule has 4 nitrogen and oxygen atoms in total. The Bertz CT molecular complexity index is 379. The number of aromatic nitrogens is 2. The molecule has 0 unspecified atom stereocenters. The van der Waals surface area contributed by atoms with Crippen molar-refractivity contribution < 1.29 is 4.74 Å². The zero-order chi connectivity index (χ0) is 11.1. The molecular weight excluding hydrogens is 190 g/mol. The van der Waals surface area contributed by atoms with Gasteiger partial charge in [0.15, 0.2) is 6.61 Å². The van der Waals surface area contributed by atoms with Crippen LogP contribution in [0.25, 0.3) is 0 Å². The summed E-state index contributed by atoms with van der Waals surface area (Å²) >= 11 is 0. The van der Waals surface area contributed by atoms with Crippen LogP contribution in [0, 0.1) is 18.8 Å². The Balaban J connectivity index is 2.64. The summed E-state index contributed by atoms with van der Waals surface area (Å²) in [6, 6.07) is 1.79. The van der Waals surface area contributed by atoms with Crippen LogP contribution in [0.4, 0.5) is 0 Å². The molecule has 0 aliphatic carbocycles. The Morgan fingerprint density at radius 2 is 2.20 bits per heavy atom. The van der Waals surface area contributed by atoms with E-state index in [1.807, 2.05) is 13.8 Å². The minimum atomic E-state index is 0.316. The van der Waals surface area contributed by atoms with Crippen LogP contribution in [0.3, 0.4) is 0 Å². The molecule has 0 aromatic carbocycles. The molecule has 0 saturated carbocycles. The second-order valence-corrected chi connectivity index (χ2v) is 2.96. The van der Waals surface area contributed by atoms with Crippen LogP contribution >= 0.6 is 0 Å². The molecule has 0 amide bonds. The largest absolute Gasteiger partial charge is 0.464 e. The second kappa shape index (κ2) is 5.99. The van der Waals surface area contributed by atoms with Crippen molar-refractivity contribution in [2.24, 2.45) is 5.73 Å². The maximum atomic E-state index is 5.35. The van der Waals surface area contributed by atoms with Gasteiger partial charge in [-0.15, -0.1) is 0 Å². The normalized spacial score (nSPS) is 9.27. The van der Waals surface area contributed by atoms with Crippen molar-refractivity contribution >= 4 is 0 Å². The molecule has 1 heterocycles. The standard InChI is InChI=1S/C11H15N3O/c1-3-10-13-9(2)8-11(14-10)15-7-5-4-6-12/h8H,3,6-7,12H2,1-2H3. The molecule has 0 bridgehead atoms. The lowest BCUT2D eigenvalue weighted by molar-refractivity contribution is 0.352. The van der Waals surface area contributed by atoms with E-state index in [1.165, 1.54) is 0 Å². The maximum absolute atomic E-state index is 5.35. The first-order chi connectivity index (χ1) is 7.26. The summed E-state index contributed by atoms with van der Waals surface area (Å²) in [7, 11) is 0. The maximum Gasteiger partial charge on any atom is 0.217 e. The Morgan fingerprint density at radius 1 is 1.40 bits per heavy atom. The van der Waals surface area contributed by atoms with Crippen molar-refractivity contribution in [3.05, 3.63) is 17.6 Å². The summed E-state index contributed by atoms with van der Waals surface area (Å²) in [6.07, 6.45) is 0.798. The quantitative estimate of drug-likeness (QED) is 0.737. The van der Waals surface area contributed by atoms with Gasteiger partial charge in [0.2, 0.25) is 5.88 Å². The van der Waals surface area contributed by atoms with Gasteiger partial charge in [0.1, 0.15) is 5.82 Å². The molecule has 80 valence electrons. The third-order valence-electron chi connectivity index (χ3n) is 1.71. The van der Waals surface area contributed by atoms with Gasteiger partial charge < -0.3 is 10.5 Å². The molecule has 0 aliphatic heterocycles. The Labute approximate surface area is 89.9 Å². The van der Waals surface area contributed by atoms with Gasteiger partial charge in [-0.2, -0.15) is 4.98 Å². The fourth-order valence-corrected chi connectivity index (χ4v) is 1.06. The molecule has 0 fully saturated rings. The summed E-state index contributed by atoms with van der Waals surface area (Å²) in [5, 5.41) is 0. The fraction of sp³-hybridized carbons (Fsp3) is 0.455. The lowest BCUT2D eigenvalue weighted by Gasteiger charge is -2.03. The van der Waals surface area contributed by atoms with Gasteiger partial charge in [0.25, 0.3) is 0 Å². The molecular formula is C11H15N3O. The van der Waals surface area contributed by atoms with Crippen LogP contribution in [-0.4, -0.2) is 23.1 Å². The first-order valence-electron chi connectivity index (χ1n) is 4.89. The number of nitrogens with zero attached hydrogens (tertiary/aromatic N) is 2. The van der Waals surface area contributed by atoms with Crippen molar-refractivity contribution in [3.8, 4) is 17.7 Å².